The Morgan fingerprint density at radius 1 is 1.39 bits per heavy atom. The first-order valence-corrected chi connectivity index (χ1v) is 6.30. The summed E-state index contributed by atoms with van der Waals surface area (Å²) in [6, 6.07) is 9.99. The third kappa shape index (κ3) is 2.89. The Labute approximate surface area is 107 Å². The van der Waals surface area contributed by atoms with Crippen LogP contribution in [-0.4, -0.2) is 12.6 Å². The number of carbonyl (C=O) groups excluding carboxylic acids is 1. The number of rotatable bonds is 5. The van der Waals surface area contributed by atoms with Crippen LogP contribution in [0, 0.1) is 11.3 Å². The minimum Gasteiger partial charge on any atom is -0.466 e. The van der Waals surface area contributed by atoms with Crippen LogP contribution in [-0.2, 0) is 14.9 Å². The molecule has 1 aliphatic rings. The van der Waals surface area contributed by atoms with E-state index in [4.69, 9.17) is 10.00 Å². The first-order valence-electron chi connectivity index (χ1n) is 6.30. The smallest absolute Gasteiger partial charge is 0.302 e. The van der Waals surface area contributed by atoms with Crippen molar-refractivity contribution in [2.75, 3.05) is 6.61 Å². The Morgan fingerprint density at radius 3 is 2.56 bits per heavy atom. The maximum atomic E-state index is 10.7. The monoisotopic (exact) mass is 243 g/mol. The molecule has 0 aliphatic heterocycles. The summed E-state index contributed by atoms with van der Waals surface area (Å²) in [6.45, 7) is 1.95. The molecule has 0 atom stereocenters. The molecule has 0 aromatic heterocycles. The lowest BCUT2D eigenvalue weighted by atomic mass is 9.90. The fourth-order valence-electron chi connectivity index (χ4n) is 2.36. The van der Waals surface area contributed by atoms with Gasteiger partial charge >= 0.3 is 5.97 Å². The normalized spacial score (nSPS) is 15.8. The molecule has 0 bridgehead atoms. The van der Waals surface area contributed by atoms with Gasteiger partial charge in [0.2, 0.25) is 0 Å². The van der Waals surface area contributed by atoms with E-state index in [1.54, 1.807) is 0 Å². The summed E-state index contributed by atoms with van der Waals surface area (Å²) >= 11 is 0. The van der Waals surface area contributed by atoms with Gasteiger partial charge in [-0.3, -0.25) is 4.79 Å². The number of nitrogens with zero attached hydrogens (tertiary/aromatic N) is 1. The van der Waals surface area contributed by atoms with E-state index < -0.39 is 0 Å². The molecule has 3 heteroatoms. The van der Waals surface area contributed by atoms with Crippen molar-refractivity contribution in [1.29, 1.82) is 5.26 Å². The standard InChI is InChI=1S/C15H17NO2/c1-12(17)18-10-2-7-15(8-9-15)14-5-3-13(11-16)4-6-14/h3-6H,2,7-10H2,1H3. The van der Waals surface area contributed by atoms with Gasteiger partial charge in [-0.15, -0.1) is 0 Å². The molecule has 1 aromatic carbocycles. The van der Waals surface area contributed by atoms with Gasteiger partial charge in [-0.05, 0) is 48.8 Å². The highest BCUT2D eigenvalue weighted by Gasteiger charge is 2.43. The minimum absolute atomic E-state index is 0.210. The zero-order valence-electron chi connectivity index (χ0n) is 10.6. The Hall–Kier alpha value is -1.82. The number of ether oxygens (including phenoxy) is 1. The first-order chi connectivity index (χ1) is 8.66. The van der Waals surface area contributed by atoms with Crippen molar-refractivity contribution in [3.05, 3.63) is 35.4 Å². The number of hydrogen-bond acceptors (Lipinski definition) is 3. The van der Waals surface area contributed by atoms with E-state index in [2.05, 4.69) is 18.2 Å². The molecule has 0 unspecified atom stereocenters. The van der Waals surface area contributed by atoms with Crippen molar-refractivity contribution in [1.82, 2.24) is 0 Å². The van der Waals surface area contributed by atoms with Crippen molar-refractivity contribution in [3.8, 4) is 6.07 Å². The molecule has 1 fully saturated rings. The van der Waals surface area contributed by atoms with Crippen LogP contribution in [0.5, 0.6) is 0 Å². The van der Waals surface area contributed by atoms with E-state index in [1.807, 2.05) is 12.1 Å². The Balaban J connectivity index is 1.90. The molecule has 18 heavy (non-hydrogen) atoms. The summed E-state index contributed by atoms with van der Waals surface area (Å²) in [7, 11) is 0. The van der Waals surface area contributed by atoms with E-state index in [1.165, 1.54) is 25.3 Å². The van der Waals surface area contributed by atoms with Crippen molar-refractivity contribution >= 4 is 5.97 Å². The highest BCUT2D eigenvalue weighted by atomic mass is 16.5. The number of hydrogen-bond donors (Lipinski definition) is 0. The number of carbonyl (C=O) groups is 1. The largest absolute Gasteiger partial charge is 0.466 e. The van der Waals surface area contributed by atoms with Gasteiger partial charge in [0, 0.05) is 6.92 Å². The van der Waals surface area contributed by atoms with Gasteiger partial charge in [0.15, 0.2) is 0 Å². The molecule has 0 N–H and O–H groups in total. The summed E-state index contributed by atoms with van der Waals surface area (Å²) in [6.07, 6.45) is 4.34. The van der Waals surface area contributed by atoms with Crippen LogP contribution in [0.15, 0.2) is 24.3 Å². The van der Waals surface area contributed by atoms with Crippen molar-refractivity contribution < 1.29 is 9.53 Å². The second-order valence-electron chi connectivity index (χ2n) is 4.91. The molecule has 1 aromatic rings. The fraction of sp³-hybridized carbons (Fsp3) is 0.467. The quantitative estimate of drug-likeness (QED) is 0.590. The first kappa shape index (κ1) is 12.6. The molecule has 0 heterocycles. The average molecular weight is 243 g/mol. The van der Waals surface area contributed by atoms with E-state index in [9.17, 15) is 4.79 Å². The van der Waals surface area contributed by atoms with Crippen molar-refractivity contribution in [2.24, 2.45) is 0 Å². The molecule has 0 amide bonds. The SMILES string of the molecule is CC(=O)OCCCC1(c2ccc(C#N)cc2)CC1. The van der Waals surface area contributed by atoms with Gasteiger partial charge in [0.1, 0.15) is 0 Å². The zero-order valence-corrected chi connectivity index (χ0v) is 10.6. The molecular formula is C15H17NO2. The van der Waals surface area contributed by atoms with Gasteiger partial charge in [0.25, 0.3) is 0 Å². The van der Waals surface area contributed by atoms with Gasteiger partial charge < -0.3 is 4.74 Å². The molecule has 0 spiro atoms. The second kappa shape index (κ2) is 5.22. The Morgan fingerprint density at radius 2 is 2.06 bits per heavy atom. The van der Waals surface area contributed by atoms with Gasteiger partial charge in [-0.2, -0.15) is 5.26 Å². The molecule has 94 valence electrons. The molecule has 1 saturated carbocycles. The summed E-state index contributed by atoms with van der Waals surface area (Å²) in [5.41, 5.74) is 2.28. The predicted octanol–water partition coefficient (Wildman–Crippen LogP) is 2.93. The molecule has 3 nitrogen and oxygen atoms in total. The summed E-state index contributed by atoms with van der Waals surface area (Å²) in [5, 5.41) is 8.77. The molecule has 0 radical (unpaired) electrons. The lowest BCUT2D eigenvalue weighted by Crippen LogP contribution is -2.09. The van der Waals surface area contributed by atoms with E-state index in [-0.39, 0.29) is 11.4 Å². The third-order valence-electron chi connectivity index (χ3n) is 3.58. The van der Waals surface area contributed by atoms with E-state index in [0.717, 1.165) is 12.8 Å². The van der Waals surface area contributed by atoms with Gasteiger partial charge in [-0.25, -0.2) is 0 Å². The van der Waals surface area contributed by atoms with Crippen LogP contribution >= 0.6 is 0 Å². The zero-order chi connectivity index (χ0) is 13.0. The summed E-state index contributed by atoms with van der Waals surface area (Å²) < 4.78 is 4.96. The maximum Gasteiger partial charge on any atom is 0.302 e. The molecule has 1 aliphatic carbocycles. The van der Waals surface area contributed by atoms with E-state index >= 15 is 0 Å². The molecular weight excluding hydrogens is 226 g/mol. The Kier molecular flexibility index (Phi) is 3.66. The van der Waals surface area contributed by atoms with Gasteiger partial charge in [-0.1, -0.05) is 12.1 Å². The Bertz CT molecular complexity index is 466. The van der Waals surface area contributed by atoms with Crippen LogP contribution in [0.25, 0.3) is 0 Å². The van der Waals surface area contributed by atoms with Crippen molar-refractivity contribution in [2.45, 2.75) is 38.0 Å². The van der Waals surface area contributed by atoms with Crippen molar-refractivity contribution in [3.63, 3.8) is 0 Å². The third-order valence-corrected chi connectivity index (χ3v) is 3.58. The highest BCUT2D eigenvalue weighted by Crippen LogP contribution is 2.51. The number of esters is 1. The summed E-state index contributed by atoms with van der Waals surface area (Å²) in [5.74, 6) is -0.210. The van der Waals surface area contributed by atoms with Gasteiger partial charge in [0.05, 0.1) is 18.2 Å². The maximum absolute atomic E-state index is 10.7. The predicted molar refractivity (Wildman–Crippen MR) is 67.9 cm³/mol. The van der Waals surface area contributed by atoms with Crippen LogP contribution in [0.4, 0.5) is 0 Å². The fourth-order valence-corrected chi connectivity index (χ4v) is 2.36. The molecule has 0 saturated heterocycles. The van der Waals surface area contributed by atoms with Crippen LogP contribution < -0.4 is 0 Å². The molecule has 2 rings (SSSR count). The van der Waals surface area contributed by atoms with Crippen LogP contribution in [0.2, 0.25) is 0 Å². The lowest BCUT2D eigenvalue weighted by Gasteiger charge is -2.15. The topological polar surface area (TPSA) is 50.1 Å². The number of benzene rings is 1. The van der Waals surface area contributed by atoms with Crippen LogP contribution in [0.3, 0.4) is 0 Å². The number of nitriles is 1. The van der Waals surface area contributed by atoms with E-state index in [0.29, 0.717) is 12.2 Å². The summed E-state index contributed by atoms with van der Waals surface area (Å²) in [4.78, 5) is 10.7. The van der Waals surface area contributed by atoms with Crippen LogP contribution in [0.1, 0.15) is 43.7 Å². The highest BCUT2D eigenvalue weighted by molar-refractivity contribution is 5.65. The minimum atomic E-state index is -0.210. The second-order valence-corrected chi connectivity index (χ2v) is 4.91. The average Bonchev–Trinajstić information content (AvgIpc) is 3.16. The lowest BCUT2D eigenvalue weighted by molar-refractivity contribution is -0.141.